The summed E-state index contributed by atoms with van der Waals surface area (Å²) >= 11 is 0. The SMILES string of the molecule is CC(C)NCc1ccc(NC(=O)C(C)(C)C)cc1. The number of anilines is 1. The fraction of sp³-hybridized carbons (Fsp3) is 0.533. The molecule has 1 amide bonds. The summed E-state index contributed by atoms with van der Waals surface area (Å²) in [6.07, 6.45) is 0. The van der Waals surface area contributed by atoms with E-state index >= 15 is 0 Å². The maximum Gasteiger partial charge on any atom is 0.229 e. The maximum atomic E-state index is 11.8. The lowest BCUT2D eigenvalue weighted by Gasteiger charge is -2.17. The molecule has 1 rings (SSSR count). The van der Waals surface area contributed by atoms with E-state index in [0.29, 0.717) is 6.04 Å². The molecule has 0 bridgehead atoms. The van der Waals surface area contributed by atoms with Gasteiger partial charge in [0.1, 0.15) is 0 Å². The Morgan fingerprint density at radius 2 is 1.72 bits per heavy atom. The minimum Gasteiger partial charge on any atom is -0.326 e. The number of carbonyl (C=O) groups is 1. The molecule has 0 aliphatic heterocycles. The van der Waals surface area contributed by atoms with Crippen LogP contribution >= 0.6 is 0 Å². The molecule has 0 saturated carbocycles. The molecule has 1 aromatic carbocycles. The second kappa shape index (κ2) is 6.01. The molecule has 0 aliphatic rings. The largest absolute Gasteiger partial charge is 0.326 e. The first-order valence-corrected chi connectivity index (χ1v) is 6.43. The van der Waals surface area contributed by atoms with Gasteiger partial charge in [0.25, 0.3) is 0 Å². The Bertz CT molecular complexity index is 388. The van der Waals surface area contributed by atoms with Crippen molar-refractivity contribution in [2.45, 2.75) is 47.2 Å². The van der Waals surface area contributed by atoms with Gasteiger partial charge in [0.2, 0.25) is 5.91 Å². The van der Waals surface area contributed by atoms with Crippen molar-refractivity contribution in [1.82, 2.24) is 5.32 Å². The third kappa shape index (κ3) is 4.88. The van der Waals surface area contributed by atoms with Gasteiger partial charge in [0, 0.05) is 23.7 Å². The van der Waals surface area contributed by atoms with Crippen LogP contribution in [0.4, 0.5) is 5.69 Å². The average molecular weight is 248 g/mol. The van der Waals surface area contributed by atoms with Gasteiger partial charge in [-0.25, -0.2) is 0 Å². The summed E-state index contributed by atoms with van der Waals surface area (Å²) in [5.41, 5.74) is 1.71. The lowest BCUT2D eigenvalue weighted by molar-refractivity contribution is -0.123. The van der Waals surface area contributed by atoms with Gasteiger partial charge in [0.05, 0.1) is 0 Å². The standard InChI is InChI=1S/C15H24N2O/c1-11(2)16-10-12-6-8-13(9-7-12)17-14(18)15(3,4)5/h6-9,11,16H,10H2,1-5H3,(H,17,18). The predicted molar refractivity (Wildman–Crippen MR) is 76.5 cm³/mol. The van der Waals surface area contributed by atoms with Crippen molar-refractivity contribution >= 4 is 11.6 Å². The number of benzene rings is 1. The molecular weight excluding hydrogens is 224 g/mol. The Balaban J connectivity index is 2.58. The van der Waals surface area contributed by atoms with Crippen molar-refractivity contribution in [3.63, 3.8) is 0 Å². The topological polar surface area (TPSA) is 41.1 Å². The Kier molecular flexibility index (Phi) is 4.91. The van der Waals surface area contributed by atoms with Gasteiger partial charge >= 0.3 is 0 Å². The highest BCUT2D eigenvalue weighted by atomic mass is 16.2. The molecule has 18 heavy (non-hydrogen) atoms. The van der Waals surface area contributed by atoms with Gasteiger partial charge in [-0.15, -0.1) is 0 Å². The number of amides is 1. The van der Waals surface area contributed by atoms with Crippen molar-refractivity contribution < 1.29 is 4.79 Å². The average Bonchev–Trinajstić information content (AvgIpc) is 2.26. The number of rotatable bonds is 4. The molecule has 0 atom stereocenters. The second-order valence-corrected chi connectivity index (χ2v) is 5.94. The minimum absolute atomic E-state index is 0.0376. The minimum atomic E-state index is -0.363. The summed E-state index contributed by atoms with van der Waals surface area (Å²) < 4.78 is 0. The molecule has 0 heterocycles. The Morgan fingerprint density at radius 1 is 1.17 bits per heavy atom. The van der Waals surface area contributed by atoms with Crippen LogP contribution in [0.3, 0.4) is 0 Å². The molecule has 2 N–H and O–H groups in total. The number of carbonyl (C=O) groups excluding carboxylic acids is 1. The first-order valence-electron chi connectivity index (χ1n) is 6.43. The zero-order valence-electron chi connectivity index (χ0n) is 12.0. The van der Waals surface area contributed by atoms with Gasteiger partial charge in [-0.3, -0.25) is 4.79 Å². The monoisotopic (exact) mass is 248 g/mol. The van der Waals surface area contributed by atoms with Crippen molar-refractivity contribution in [3.8, 4) is 0 Å². The molecule has 0 spiro atoms. The van der Waals surface area contributed by atoms with Crippen LogP contribution in [0.25, 0.3) is 0 Å². The Hall–Kier alpha value is -1.35. The highest BCUT2D eigenvalue weighted by molar-refractivity contribution is 5.94. The highest BCUT2D eigenvalue weighted by Gasteiger charge is 2.20. The summed E-state index contributed by atoms with van der Waals surface area (Å²) in [6, 6.07) is 8.44. The molecule has 0 fully saturated rings. The molecule has 1 aromatic rings. The van der Waals surface area contributed by atoms with Crippen molar-refractivity contribution in [3.05, 3.63) is 29.8 Å². The van der Waals surface area contributed by atoms with E-state index < -0.39 is 0 Å². The molecule has 0 aromatic heterocycles. The van der Waals surface area contributed by atoms with E-state index in [1.54, 1.807) is 0 Å². The quantitative estimate of drug-likeness (QED) is 0.859. The lowest BCUT2D eigenvalue weighted by Crippen LogP contribution is -2.27. The van der Waals surface area contributed by atoms with Gasteiger partial charge < -0.3 is 10.6 Å². The number of hydrogen-bond donors (Lipinski definition) is 2. The van der Waals surface area contributed by atoms with E-state index in [9.17, 15) is 4.79 Å². The number of nitrogens with one attached hydrogen (secondary N) is 2. The van der Waals surface area contributed by atoms with Crippen LogP contribution < -0.4 is 10.6 Å². The van der Waals surface area contributed by atoms with Crippen molar-refractivity contribution in [2.24, 2.45) is 5.41 Å². The first kappa shape index (κ1) is 14.7. The predicted octanol–water partition coefficient (Wildman–Crippen LogP) is 3.17. The molecule has 3 nitrogen and oxygen atoms in total. The fourth-order valence-electron chi connectivity index (χ4n) is 1.35. The smallest absolute Gasteiger partial charge is 0.229 e. The molecule has 0 radical (unpaired) electrons. The summed E-state index contributed by atoms with van der Waals surface area (Å²) in [5.74, 6) is 0.0376. The van der Waals surface area contributed by atoms with Crippen LogP contribution in [0, 0.1) is 5.41 Å². The summed E-state index contributed by atoms with van der Waals surface area (Å²) in [4.78, 5) is 11.8. The summed E-state index contributed by atoms with van der Waals surface area (Å²) in [7, 11) is 0. The van der Waals surface area contributed by atoms with E-state index in [-0.39, 0.29) is 11.3 Å². The molecule has 0 aliphatic carbocycles. The van der Waals surface area contributed by atoms with Crippen LogP contribution in [0.5, 0.6) is 0 Å². The molecule has 3 heteroatoms. The summed E-state index contributed by atoms with van der Waals surface area (Å²) in [6.45, 7) is 10.8. The third-order valence-corrected chi connectivity index (χ3v) is 2.61. The fourth-order valence-corrected chi connectivity index (χ4v) is 1.35. The molecule has 100 valence electrons. The number of hydrogen-bond acceptors (Lipinski definition) is 2. The normalized spacial score (nSPS) is 11.7. The maximum absolute atomic E-state index is 11.8. The van der Waals surface area contributed by atoms with Crippen molar-refractivity contribution in [2.75, 3.05) is 5.32 Å². The van der Waals surface area contributed by atoms with Crippen LogP contribution in [-0.4, -0.2) is 11.9 Å². The Labute approximate surface area is 110 Å². The van der Waals surface area contributed by atoms with E-state index in [0.717, 1.165) is 12.2 Å². The van der Waals surface area contributed by atoms with E-state index in [2.05, 4.69) is 24.5 Å². The van der Waals surface area contributed by atoms with Gasteiger partial charge in [-0.1, -0.05) is 46.8 Å². The third-order valence-electron chi connectivity index (χ3n) is 2.61. The van der Waals surface area contributed by atoms with Gasteiger partial charge in [0.15, 0.2) is 0 Å². The lowest BCUT2D eigenvalue weighted by atomic mass is 9.95. The van der Waals surface area contributed by atoms with Gasteiger partial charge in [-0.2, -0.15) is 0 Å². The van der Waals surface area contributed by atoms with Crippen LogP contribution in [0.1, 0.15) is 40.2 Å². The van der Waals surface area contributed by atoms with E-state index in [1.165, 1.54) is 5.56 Å². The first-order chi connectivity index (χ1) is 8.29. The molecular formula is C15H24N2O. The summed E-state index contributed by atoms with van der Waals surface area (Å²) in [5, 5.41) is 6.27. The van der Waals surface area contributed by atoms with E-state index in [4.69, 9.17) is 0 Å². The Morgan fingerprint density at radius 3 is 2.17 bits per heavy atom. The molecule has 0 unspecified atom stereocenters. The van der Waals surface area contributed by atoms with Crippen molar-refractivity contribution in [1.29, 1.82) is 0 Å². The van der Waals surface area contributed by atoms with Crippen LogP contribution in [-0.2, 0) is 11.3 Å². The van der Waals surface area contributed by atoms with Gasteiger partial charge in [-0.05, 0) is 17.7 Å². The zero-order chi connectivity index (χ0) is 13.8. The van der Waals surface area contributed by atoms with E-state index in [1.807, 2.05) is 45.0 Å². The highest BCUT2D eigenvalue weighted by Crippen LogP contribution is 2.17. The second-order valence-electron chi connectivity index (χ2n) is 5.94. The van der Waals surface area contributed by atoms with Crippen LogP contribution in [0.15, 0.2) is 24.3 Å². The zero-order valence-corrected chi connectivity index (χ0v) is 12.0. The van der Waals surface area contributed by atoms with Crippen LogP contribution in [0.2, 0.25) is 0 Å². The molecule has 0 saturated heterocycles.